The van der Waals surface area contributed by atoms with Crippen molar-refractivity contribution in [3.05, 3.63) is 81.4 Å². The van der Waals surface area contributed by atoms with Crippen molar-refractivity contribution in [1.29, 1.82) is 0 Å². The summed E-state index contributed by atoms with van der Waals surface area (Å²) in [4.78, 5) is 0. The Kier molecular flexibility index (Phi) is 4.36. The highest BCUT2D eigenvalue weighted by atomic mass is 127. The Morgan fingerprint density at radius 3 is 2.19 bits per heavy atom. The summed E-state index contributed by atoms with van der Waals surface area (Å²) in [6.45, 7) is 2.82. The van der Waals surface area contributed by atoms with Gasteiger partial charge in [-0.15, -0.1) is 0 Å². The van der Waals surface area contributed by atoms with Gasteiger partial charge in [0.15, 0.2) is 0 Å². The number of phenols is 2. The predicted molar refractivity (Wildman–Crippen MR) is 114 cm³/mol. The molecular weight excluding hydrogens is 437 g/mol. The molecule has 0 radical (unpaired) electrons. The van der Waals surface area contributed by atoms with Crippen LogP contribution in [0.25, 0.3) is 22.2 Å². The fourth-order valence-electron chi connectivity index (χ4n) is 3.44. The van der Waals surface area contributed by atoms with Crippen LogP contribution in [0.15, 0.2) is 66.7 Å². The van der Waals surface area contributed by atoms with Gasteiger partial charge in [0, 0.05) is 21.0 Å². The summed E-state index contributed by atoms with van der Waals surface area (Å²) in [6, 6.07) is 21.3. The number of rotatable bonds is 3. The minimum Gasteiger partial charge on any atom is -0.508 e. The molecule has 0 bridgehead atoms. The Labute approximate surface area is 165 Å². The average molecular weight is 455 g/mol. The lowest BCUT2D eigenvalue weighted by molar-refractivity contribution is 0.475. The molecule has 130 valence electrons. The molecule has 0 aliphatic rings. The maximum Gasteiger partial charge on any atom is 0.116 e. The van der Waals surface area contributed by atoms with Crippen LogP contribution in [0.4, 0.5) is 0 Å². The summed E-state index contributed by atoms with van der Waals surface area (Å²) in [7, 11) is 0. The van der Waals surface area contributed by atoms with Crippen LogP contribution in [0.1, 0.15) is 11.1 Å². The molecule has 0 aliphatic carbocycles. The van der Waals surface area contributed by atoms with E-state index >= 15 is 0 Å². The van der Waals surface area contributed by atoms with E-state index in [1.165, 1.54) is 9.13 Å². The highest BCUT2D eigenvalue weighted by Gasteiger charge is 2.16. The normalized spacial score (nSPS) is 11.2. The first-order chi connectivity index (χ1) is 12.5. The summed E-state index contributed by atoms with van der Waals surface area (Å²) in [6.07, 6.45) is 0. The minimum atomic E-state index is 0.254. The third-order valence-electron chi connectivity index (χ3n) is 4.69. The van der Waals surface area contributed by atoms with Crippen LogP contribution in [-0.4, -0.2) is 14.8 Å². The molecule has 0 amide bonds. The first-order valence-corrected chi connectivity index (χ1v) is 9.46. The number of hydrogen-bond acceptors (Lipinski definition) is 2. The van der Waals surface area contributed by atoms with E-state index in [2.05, 4.69) is 58.3 Å². The maximum atomic E-state index is 9.94. The second-order valence-electron chi connectivity index (χ2n) is 6.43. The molecule has 0 saturated heterocycles. The first kappa shape index (κ1) is 17.0. The van der Waals surface area contributed by atoms with E-state index in [-0.39, 0.29) is 11.5 Å². The zero-order valence-corrected chi connectivity index (χ0v) is 16.4. The summed E-state index contributed by atoms with van der Waals surface area (Å²) in [5.41, 5.74) is 5.56. The quantitative estimate of drug-likeness (QED) is 0.391. The molecule has 4 aromatic rings. The lowest BCUT2D eigenvalue weighted by Crippen LogP contribution is -2.02. The van der Waals surface area contributed by atoms with Gasteiger partial charge >= 0.3 is 0 Å². The van der Waals surface area contributed by atoms with Gasteiger partial charge < -0.3 is 14.8 Å². The smallest absolute Gasteiger partial charge is 0.116 e. The molecule has 0 fully saturated rings. The van der Waals surface area contributed by atoms with E-state index in [1.807, 2.05) is 24.3 Å². The van der Waals surface area contributed by atoms with Gasteiger partial charge in [-0.05, 0) is 101 Å². The average Bonchev–Trinajstić information content (AvgIpc) is 2.89. The van der Waals surface area contributed by atoms with Gasteiger partial charge in [-0.2, -0.15) is 0 Å². The van der Waals surface area contributed by atoms with Crippen molar-refractivity contribution in [1.82, 2.24) is 4.57 Å². The summed E-state index contributed by atoms with van der Waals surface area (Å²) >= 11 is 2.31. The third kappa shape index (κ3) is 3.05. The number of phenolic OH excluding ortho intramolecular Hbond substituents is 2. The molecule has 1 heterocycles. The lowest BCUT2D eigenvalue weighted by atomic mass is 10.1. The summed E-state index contributed by atoms with van der Waals surface area (Å²) in [5.74, 6) is 0.522. The number of aryl methyl sites for hydroxylation is 1. The van der Waals surface area contributed by atoms with Gasteiger partial charge in [0.05, 0.1) is 5.69 Å². The predicted octanol–water partition coefficient (Wildman–Crippen LogP) is 5.68. The zero-order valence-electron chi connectivity index (χ0n) is 14.3. The molecule has 0 spiro atoms. The number of nitrogens with zero attached hydrogens (tertiary/aromatic N) is 1. The Morgan fingerprint density at radius 2 is 1.50 bits per heavy atom. The van der Waals surface area contributed by atoms with E-state index in [0.717, 1.165) is 34.3 Å². The molecule has 2 N–H and O–H groups in total. The van der Waals surface area contributed by atoms with Crippen LogP contribution in [0.5, 0.6) is 11.5 Å². The van der Waals surface area contributed by atoms with E-state index < -0.39 is 0 Å². The lowest BCUT2D eigenvalue weighted by Gasteiger charge is -2.13. The highest BCUT2D eigenvalue weighted by molar-refractivity contribution is 14.1. The number of hydrogen-bond donors (Lipinski definition) is 2. The molecular formula is C22H18INO2. The number of halogens is 1. The van der Waals surface area contributed by atoms with Gasteiger partial charge in [-0.3, -0.25) is 0 Å². The van der Waals surface area contributed by atoms with Crippen LogP contribution in [0, 0.1) is 10.5 Å². The van der Waals surface area contributed by atoms with Gasteiger partial charge in [0.2, 0.25) is 0 Å². The standard InChI is InChI=1S/C22H18INO2/c1-14-20-12-19(26)10-11-21(20)24(13-15-2-6-17(23)7-3-15)22(14)16-4-8-18(25)9-5-16/h2-12,25-26H,13H2,1H3. The molecule has 3 aromatic carbocycles. The highest BCUT2D eigenvalue weighted by Crippen LogP contribution is 2.36. The van der Waals surface area contributed by atoms with Gasteiger partial charge in [-0.1, -0.05) is 12.1 Å². The van der Waals surface area contributed by atoms with Gasteiger partial charge in [-0.25, -0.2) is 0 Å². The van der Waals surface area contributed by atoms with Crippen molar-refractivity contribution < 1.29 is 10.2 Å². The second kappa shape index (κ2) is 6.68. The molecule has 0 atom stereocenters. The van der Waals surface area contributed by atoms with Gasteiger partial charge in [0.1, 0.15) is 11.5 Å². The maximum absolute atomic E-state index is 9.94. The van der Waals surface area contributed by atoms with E-state index in [9.17, 15) is 10.2 Å². The van der Waals surface area contributed by atoms with Crippen molar-refractivity contribution in [2.24, 2.45) is 0 Å². The van der Waals surface area contributed by atoms with Crippen molar-refractivity contribution in [3.8, 4) is 22.8 Å². The molecule has 4 rings (SSSR count). The van der Waals surface area contributed by atoms with Crippen LogP contribution in [-0.2, 0) is 6.54 Å². The van der Waals surface area contributed by atoms with E-state index in [1.54, 1.807) is 18.2 Å². The van der Waals surface area contributed by atoms with Gasteiger partial charge in [0.25, 0.3) is 0 Å². The van der Waals surface area contributed by atoms with E-state index in [4.69, 9.17) is 0 Å². The molecule has 0 saturated carbocycles. The molecule has 0 aliphatic heterocycles. The monoisotopic (exact) mass is 455 g/mol. The molecule has 0 unspecified atom stereocenters. The van der Waals surface area contributed by atoms with Crippen LogP contribution >= 0.6 is 22.6 Å². The Balaban J connectivity index is 1.94. The summed E-state index contributed by atoms with van der Waals surface area (Å²) in [5, 5.41) is 20.6. The van der Waals surface area contributed by atoms with Crippen LogP contribution in [0.2, 0.25) is 0 Å². The first-order valence-electron chi connectivity index (χ1n) is 8.38. The fourth-order valence-corrected chi connectivity index (χ4v) is 3.80. The van der Waals surface area contributed by atoms with Crippen LogP contribution in [0.3, 0.4) is 0 Å². The molecule has 26 heavy (non-hydrogen) atoms. The topological polar surface area (TPSA) is 45.4 Å². The Hall–Kier alpha value is -2.47. The third-order valence-corrected chi connectivity index (χ3v) is 5.41. The van der Waals surface area contributed by atoms with Crippen LogP contribution < -0.4 is 0 Å². The van der Waals surface area contributed by atoms with Crippen molar-refractivity contribution in [3.63, 3.8) is 0 Å². The fraction of sp³-hybridized carbons (Fsp3) is 0.0909. The van der Waals surface area contributed by atoms with Crippen molar-refractivity contribution in [2.75, 3.05) is 0 Å². The molecule has 3 nitrogen and oxygen atoms in total. The van der Waals surface area contributed by atoms with Crippen molar-refractivity contribution >= 4 is 33.5 Å². The number of aromatic nitrogens is 1. The number of benzene rings is 3. The minimum absolute atomic E-state index is 0.254. The Morgan fingerprint density at radius 1 is 0.846 bits per heavy atom. The largest absolute Gasteiger partial charge is 0.508 e. The number of aromatic hydroxyl groups is 2. The molecule has 4 heteroatoms. The second-order valence-corrected chi connectivity index (χ2v) is 7.68. The Bertz CT molecular complexity index is 1080. The number of fused-ring (bicyclic) bond motifs is 1. The van der Waals surface area contributed by atoms with E-state index in [0.29, 0.717) is 0 Å². The SMILES string of the molecule is Cc1c(-c2ccc(O)cc2)n(Cc2ccc(I)cc2)c2ccc(O)cc12. The summed E-state index contributed by atoms with van der Waals surface area (Å²) < 4.78 is 3.49. The zero-order chi connectivity index (χ0) is 18.3. The molecule has 1 aromatic heterocycles. The van der Waals surface area contributed by atoms with Crippen molar-refractivity contribution in [2.45, 2.75) is 13.5 Å².